The van der Waals surface area contributed by atoms with E-state index in [-0.39, 0.29) is 5.63 Å². The Kier molecular flexibility index (Phi) is 3.24. The Balaban J connectivity index is 2.17. The molecule has 0 aliphatic heterocycles. The number of benzene rings is 1. The molecule has 5 heteroatoms. The first-order valence-corrected chi connectivity index (χ1v) is 7.32. The van der Waals surface area contributed by atoms with Gasteiger partial charge < -0.3 is 14.3 Å². The number of aryl methyl sites for hydroxylation is 2. The van der Waals surface area contributed by atoms with E-state index < -0.39 is 11.6 Å². The van der Waals surface area contributed by atoms with Crippen LogP contribution in [0.2, 0.25) is 0 Å². The van der Waals surface area contributed by atoms with E-state index in [1.165, 1.54) is 13.8 Å². The summed E-state index contributed by atoms with van der Waals surface area (Å²) in [6, 6.07) is 3.60. The van der Waals surface area contributed by atoms with Crippen LogP contribution in [-0.4, -0.2) is 16.7 Å². The average Bonchev–Trinajstić information content (AvgIpc) is 2.92. The first-order chi connectivity index (χ1) is 10.3. The SMILES string of the molecule is Cc1c(OC(C)(C)C(=O)O)ccc2c3c(c(=O)oc12)CCC3. The van der Waals surface area contributed by atoms with Gasteiger partial charge in [0.05, 0.1) is 0 Å². The molecule has 2 aromatic rings. The van der Waals surface area contributed by atoms with Gasteiger partial charge in [0, 0.05) is 16.5 Å². The highest BCUT2D eigenvalue weighted by Crippen LogP contribution is 2.34. The molecular formula is C17H18O5. The number of hydrogen-bond acceptors (Lipinski definition) is 4. The molecule has 0 bridgehead atoms. The van der Waals surface area contributed by atoms with Gasteiger partial charge >= 0.3 is 11.6 Å². The number of ether oxygens (including phenoxy) is 1. The highest BCUT2D eigenvalue weighted by molar-refractivity contribution is 5.86. The van der Waals surface area contributed by atoms with Crippen molar-refractivity contribution in [1.29, 1.82) is 0 Å². The lowest BCUT2D eigenvalue weighted by molar-refractivity contribution is -0.152. The molecule has 3 rings (SSSR count). The molecule has 1 N–H and O–H groups in total. The largest absolute Gasteiger partial charge is 0.478 e. The Labute approximate surface area is 127 Å². The maximum absolute atomic E-state index is 12.1. The van der Waals surface area contributed by atoms with Crippen molar-refractivity contribution in [3.63, 3.8) is 0 Å². The first-order valence-electron chi connectivity index (χ1n) is 7.32. The summed E-state index contributed by atoms with van der Waals surface area (Å²) in [5.74, 6) is -0.636. The minimum Gasteiger partial charge on any atom is -0.478 e. The number of fused-ring (bicyclic) bond motifs is 3. The summed E-state index contributed by atoms with van der Waals surface area (Å²) in [6.07, 6.45) is 2.59. The van der Waals surface area contributed by atoms with E-state index in [9.17, 15) is 14.7 Å². The van der Waals surface area contributed by atoms with E-state index in [1.807, 2.05) is 6.07 Å². The van der Waals surface area contributed by atoms with Gasteiger partial charge in [-0.05, 0) is 57.7 Å². The predicted molar refractivity (Wildman–Crippen MR) is 81.6 cm³/mol. The van der Waals surface area contributed by atoms with E-state index in [4.69, 9.17) is 9.15 Å². The van der Waals surface area contributed by atoms with E-state index in [0.29, 0.717) is 16.9 Å². The van der Waals surface area contributed by atoms with Gasteiger partial charge in [0.15, 0.2) is 5.60 Å². The van der Waals surface area contributed by atoms with Crippen molar-refractivity contribution in [2.75, 3.05) is 0 Å². The molecule has 1 aromatic carbocycles. The highest BCUT2D eigenvalue weighted by atomic mass is 16.5. The molecule has 0 saturated heterocycles. The Bertz CT molecular complexity index is 829. The van der Waals surface area contributed by atoms with E-state index in [0.717, 1.165) is 35.8 Å². The fourth-order valence-electron chi connectivity index (χ4n) is 2.89. The van der Waals surface area contributed by atoms with Gasteiger partial charge in [-0.1, -0.05) is 0 Å². The number of aliphatic carboxylic acids is 1. The summed E-state index contributed by atoms with van der Waals surface area (Å²) in [5.41, 5.74) is 1.32. The summed E-state index contributed by atoms with van der Waals surface area (Å²) in [4.78, 5) is 23.3. The van der Waals surface area contributed by atoms with Gasteiger partial charge in [-0.2, -0.15) is 0 Å². The van der Waals surface area contributed by atoms with Crippen LogP contribution in [0.3, 0.4) is 0 Å². The maximum Gasteiger partial charge on any atom is 0.347 e. The Morgan fingerprint density at radius 1 is 1.27 bits per heavy atom. The second-order valence-corrected chi connectivity index (χ2v) is 6.18. The zero-order chi connectivity index (χ0) is 16.1. The minimum absolute atomic E-state index is 0.294. The van der Waals surface area contributed by atoms with Crippen LogP contribution in [0.15, 0.2) is 21.3 Å². The van der Waals surface area contributed by atoms with Gasteiger partial charge in [-0.3, -0.25) is 0 Å². The van der Waals surface area contributed by atoms with Gasteiger partial charge in [0.2, 0.25) is 0 Å². The summed E-state index contributed by atoms with van der Waals surface area (Å²) < 4.78 is 11.1. The highest BCUT2D eigenvalue weighted by Gasteiger charge is 2.30. The third-order valence-electron chi connectivity index (χ3n) is 4.22. The fourth-order valence-corrected chi connectivity index (χ4v) is 2.89. The van der Waals surface area contributed by atoms with Gasteiger partial charge in [-0.25, -0.2) is 9.59 Å². The third kappa shape index (κ3) is 2.17. The van der Waals surface area contributed by atoms with Crippen LogP contribution in [0, 0.1) is 6.92 Å². The van der Waals surface area contributed by atoms with Crippen LogP contribution in [0.25, 0.3) is 11.0 Å². The molecule has 0 unspecified atom stereocenters. The Hall–Kier alpha value is -2.30. The van der Waals surface area contributed by atoms with Crippen molar-refractivity contribution in [3.05, 3.63) is 39.2 Å². The predicted octanol–water partition coefficient (Wildman–Crippen LogP) is 2.83. The Morgan fingerprint density at radius 2 is 1.95 bits per heavy atom. The molecule has 5 nitrogen and oxygen atoms in total. The quantitative estimate of drug-likeness (QED) is 0.882. The lowest BCUT2D eigenvalue weighted by atomic mass is 10.0. The first kappa shape index (κ1) is 14.6. The van der Waals surface area contributed by atoms with Crippen molar-refractivity contribution in [2.24, 2.45) is 0 Å². The van der Waals surface area contributed by atoms with Gasteiger partial charge in [0.1, 0.15) is 11.3 Å². The van der Waals surface area contributed by atoms with Crippen molar-refractivity contribution in [2.45, 2.75) is 45.6 Å². The number of rotatable bonds is 3. The smallest absolute Gasteiger partial charge is 0.347 e. The molecule has 22 heavy (non-hydrogen) atoms. The van der Waals surface area contributed by atoms with Crippen LogP contribution in [0.4, 0.5) is 0 Å². The number of hydrogen-bond donors (Lipinski definition) is 1. The number of carbonyl (C=O) groups is 1. The van der Waals surface area contributed by atoms with Crippen molar-refractivity contribution < 1.29 is 19.1 Å². The van der Waals surface area contributed by atoms with Crippen LogP contribution >= 0.6 is 0 Å². The van der Waals surface area contributed by atoms with Crippen LogP contribution in [0.1, 0.15) is 37.0 Å². The van der Waals surface area contributed by atoms with Crippen molar-refractivity contribution in [1.82, 2.24) is 0 Å². The molecule has 0 fully saturated rings. The second kappa shape index (κ2) is 4.87. The molecule has 0 radical (unpaired) electrons. The molecule has 0 spiro atoms. The summed E-state index contributed by atoms with van der Waals surface area (Å²) in [5, 5.41) is 10.1. The molecule has 1 aliphatic carbocycles. The lowest BCUT2D eigenvalue weighted by Gasteiger charge is -2.23. The molecule has 0 saturated carbocycles. The fraction of sp³-hybridized carbons (Fsp3) is 0.412. The molecular weight excluding hydrogens is 284 g/mol. The zero-order valence-corrected chi connectivity index (χ0v) is 12.9. The lowest BCUT2D eigenvalue weighted by Crippen LogP contribution is -2.38. The molecule has 0 atom stereocenters. The summed E-state index contributed by atoms with van der Waals surface area (Å²) in [6.45, 7) is 4.75. The average molecular weight is 302 g/mol. The van der Waals surface area contributed by atoms with Crippen LogP contribution in [0.5, 0.6) is 5.75 Å². The van der Waals surface area contributed by atoms with Gasteiger partial charge in [0.25, 0.3) is 0 Å². The standard InChI is InChI=1S/C17H18O5/c1-9-13(22-17(2,3)16(19)20)8-7-11-10-5-4-6-12(10)15(18)21-14(9)11/h7-8H,4-6H2,1-3H3,(H,19,20). The topological polar surface area (TPSA) is 76.7 Å². The Morgan fingerprint density at radius 3 is 2.64 bits per heavy atom. The summed E-state index contributed by atoms with van der Waals surface area (Å²) in [7, 11) is 0. The second-order valence-electron chi connectivity index (χ2n) is 6.18. The molecule has 0 amide bonds. The van der Waals surface area contributed by atoms with Gasteiger partial charge in [-0.15, -0.1) is 0 Å². The third-order valence-corrected chi connectivity index (χ3v) is 4.22. The molecule has 1 aromatic heterocycles. The van der Waals surface area contributed by atoms with Crippen molar-refractivity contribution in [3.8, 4) is 5.75 Å². The van der Waals surface area contributed by atoms with E-state index >= 15 is 0 Å². The van der Waals surface area contributed by atoms with E-state index in [2.05, 4.69) is 0 Å². The van der Waals surface area contributed by atoms with Crippen LogP contribution < -0.4 is 10.4 Å². The molecule has 116 valence electrons. The van der Waals surface area contributed by atoms with Crippen molar-refractivity contribution >= 4 is 16.9 Å². The zero-order valence-electron chi connectivity index (χ0n) is 12.9. The molecule has 1 aliphatic rings. The number of carboxylic acids is 1. The minimum atomic E-state index is -1.35. The van der Waals surface area contributed by atoms with Crippen LogP contribution in [-0.2, 0) is 17.6 Å². The molecule has 1 heterocycles. The normalized spacial score (nSPS) is 14.1. The maximum atomic E-state index is 12.1. The van der Waals surface area contributed by atoms with E-state index in [1.54, 1.807) is 13.0 Å². The monoisotopic (exact) mass is 302 g/mol. The number of carboxylic acid groups (broad SMARTS) is 1. The summed E-state index contributed by atoms with van der Waals surface area (Å²) >= 11 is 0.